The van der Waals surface area contributed by atoms with Crippen molar-refractivity contribution in [2.45, 2.75) is 12.8 Å². The van der Waals surface area contributed by atoms with Crippen LogP contribution in [-0.4, -0.2) is 34.4 Å². The number of halogens is 1. The number of hydrogen-bond acceptors (Lipinski definition) is 5. The summed E-state index contributed by atoms with van der Waals surface area (Å²) in [7, 11) is -0.900. The highest BCUT2D eigenvalue weighted by Crippen LogP contribution is 2.28. The van der Waals surface area contributed by atoms with Crippen LogP contribution in [0.3, 0.4) is 0 Å². The van der Waals surface area contributed by atoms with Crippen LogP contribution in [0.5, 0.6) is 5.75 Å². The maximum Gasteiger partial charge on any atom is 0.305 e. The number of rotatable bonds is 7. The highest BCUT2D eigenvalue weighted by atomic mass is 35.5. The molecule has 1 N–H and O–H groups in total. The zero-order valence-electron chi connectivity index (χ0n) is 11.2. The van der Waals surface area contributed by atoms with Gasteiger partial charge in [-0.2, -0.15) is 0 Å². The van der Waals surface area contributed by atoms with Gasteiger partial charge < -0.3 is 9.47 Å². The van der Waals surface area contributed by atoms with E-state index in [4.69, 9.17) is 16.3 Å². The molecule has 1 aromatic carbocycles. The largest absolute Gasteiger partial charge is 0.495 e. The standard InChI is InChI=1S/C12H16ClNO5S/c1-18-11-6-5-9(13)8-10(11)14-20(16,17)7-3-4-12(15)19-2/h5-6,8,14H,3-4,7H2,1-2H3. The van der Waals surface area contributed by atoms with Gasteiger partial charge in [0.15, 0.2) is 0 Å². The molecular weight excluding hydrogens is 306 g/mol. The summed E-state index contributed by atoms with van der Waals surface area (Å²) < 4.78 is 35.6. The average Bonchev–Trinajstić information content (AvgIpc) is 2.38. The van der Waals surface area contributed by atoms with Gasteiger partial charge in [0.2, 0.25) is 10.0 Å². The summed E-state index contributed by atoms with van der Waals surface area (Å²) in [5, 5.41) is 0.387. The zero-order chi connectivity index (χ0) is 15.2. The summed E-state index contributed by atoms with van der Waals surface area (Å²) in [4.78, 5) is 10.9. The van der Waals surface area contributed by atoms with E-state index in [1.807, 2.05) is 0 Å². The molecule has 0 aliphatic carbocycles. The fraction of sp³-hybridized carbons (Fsp3) is 0.417. The summed E-state index contributed by atoms with van der Waals surface area (Å²) in [6.45, 7) is 0. The number of hydrogen-bond donors (Lipinski definition) is 1. The number of anilines is 1. The third kappa shape index (κ3) is 5.26. The third-order valence-electron chi connectivity index (χ3n) is 2.45. The predicted octanol–water partition coefficient (Wildman–Crippen LogP) is 2.04. The number of esters is 1. The summed E-state index contributed by atoms with van der Waals surface area (Å²) in [6, 6.07) is 4.61. The monoisotopic (exact) mass is 321 g/mol. The van der Waals surface area contributed by atoms with Gasteiger partial charge in [-0.3, -0.25) is 9.52 Å². The lowest BCUT2D eigenvalue weighted by atomic mass is 10.3. The molecule has 0 spiro atoms. The van der Waals surface area contributed by atoms with Crippen molar-refractivity contribution >= 4 is 33.3 Å². The molecule has 0 saturated heterocycles. The van der Waals surface area contributed by atoms with E-state index in [0.29, 0.717) is 10.8 Å². The second kappa shape index (κ2) is 7.35. The number of benzene rings is 1. The Morgan fingerprint density at radius 2 is 2.05 bits per heavy atom. The molecule has 8 heteroatoms. The van der Waals surface area contributed by atoms with E-state index in [9.17, 15) is 13.2 Å². The lowest BCUT2D eigenvalue weighted by Gasteiger charge is -2.11. The molecule has 0 atom stereocenters. The van der Waals surface area contributed by atoms with Crippen molar-refractivity contribution in [1.29, 1.82) is 0 Å². The van der Waals surface area contributed by atoms with Gasteiger partial charge in [-0.25, -0.2) is 8.42 Å². The van der Waals surface area contributed by atoms with Gasteiger partial charge in [0.05, 0.1) is 25.7 Å². The molecule has 0 saturated carbocycles. The van der Waals surface area contributed by atoms with Crippen LogP contribution in [0, 0.1) is 0 Å². The van der Waals surface area contributed by atoms with E-state index in [0.717, 1.165) is 0 Å². The minimum absolute atomic E-state index is 0.0457. The number of carbonyl (C=O) groups is 1. The molecule has 0 aliphatic rings. The summed E-state index contributed by atoms with van der Waals surface area (Å²) >= 11 is 5.82. The first-order chi connectivity index (χ1) is 9.38. The molecule has 1 aromatic rings. The van der Waals surface area contributed by atoms with Crippen molar-refractivity contribution in [2.75, 3.05) is 24.7 Å². The predicted molar refractivity (Wildman–Crippen MR) is 76.7 cm³/mol. The van der Waals surface area contributed by atoms with Crippen LogP contribution in [0.1, 0.15) is 12.8 Å². The topological polar surface area (TPSA) is 81.7 Å². The summed E-state index contributed by atoms with van der Waals surface area (Å²) in [5.74, 6) is -0.274. The minimum atomic E-state index is -3.58. The van der Waals surface area contributed by atoms with Crippen molar-refractivity contribution in [2.24, 2.45) is 0 Å². The number of carbonyl (C=O) groups excluding carboxylic acids is 1. The third-order valence-corrected chi connectivity index (χ3v) is 4.04. The Bertz CT molecular complexity index is 573. The molecule has 1 rings (SSSR count). The molecule has 0 aliphatic heterocycles. The van der Waals surface area contributed by atoms with E-state index in [2.05, 4.69) is 9.46 Å². The fourth-order valence-corrected chi connectivity index (χ4v) is 2.78. The molecule has 20 heavy (non-hydrogen) atoms. The number of methoxy groups -OCH3 is 2. The van der Waals surface area contributed by atoms with Gasteiger partial charge >= 0.3 is 5.97 Å². The highest BCUT2D eigenvalue weighted by Gasteiger charge is 2.15. The van der Waals surface area contributed by atoms with E-state index in [1.165, 1.54) is 20.3 Å². The zero-order valence-corrected chi connectivity index (χ0v) is 12.8. The Hall–Kier alpha value is -1.47. The first-order valence-corrected chi connectivity index (χ1v) is 7.82. The normalized spacial score (nSPS) is 10.9. The average molecular weight is 322 g/mol. The van der Waals surface area contributed by atoms with E-state index < -0.39 is 16.0 Å². The second-order valence-electron chi connectivity index (χ2n) is 3.95. The number of sulfonamides is 1. The van der Waals surface area contributed by atoms with Crippen LogP contribution >= 0.6 is 11.6 Å². The Kier molecular flexibility index (Phi) is 6.09. The quantitative estimate of drug-likeness (QED) is 0.777. The molecular formula is C12H16ClNO5S. The Morgan fingerprint density at radius 3 is 2.65 bits per heavy atom. The maximum absolute atomic E-state index is 11.9. The lowest BCUT2D eigenvalue weighted by Crippen LogP contribution is -2.18. The van der Waals surface area contributed by atoms with E-state index in [-0.39, 0.29) is 24.3 Å². The minimum Gasteiger partial charge on any atom is -0.495 e. The lowest BCUT2D eigenvalue weighted by molar-refractivity contribution is -0.140. The van der Waals surface area contributed by atoms with Gasteiger partial charge in [0.1, 0.15) is 5.75 Å². The summed E-state index contributed by atoms with van der Waals surface area (Å²) in [6.07, 6.45) is 0.217. The van der Waals surface area contributed by atoms with Gasteiger partial charge in [0, 0.05) is 11.4 Å². The number of nitrogens with one attached hydrogen (secondary N) is 1. The molecule has 0 aromatic heterocycles. The van der Waals surface area contributed by atoms with Crippen molar-refractivity contribution in [3.05, 3.63) is 23.2 Å². The van der Waals surface area contributed by atoms with Crippen molar-refractivity contribution in [3.63, 3.8) is 0 Å². The fourth-order valence-electron chi connectivity index (χ4n) is 1.49. The molecule has 6 nitrogen and oxygen atoms in total. The smallest absolute Gasteiger partial charge is 0.305 e. The molecule has 0 amide bonds. The van der Waals surface area contributed by atoms with Crippen molar-refractivity contribution in [3.8, 4) is 5.75 Å². The van der Waals surface area contributed by atoms with Gasteiger partial charge in [0.25, 0.3) is 0 Å². The van der Waals surface area contributed by atoms with Crippen LogP contribution in [0.25, 0.3) is 0 Å². The molecule has 0 heterocycles. The molecule has 0 fully saturated rings. The maximum atomic E-state index is 11.9. The first kappa shape index (κ1) is 16.6. The molecule has 112 valence electrons. The van der Waals surface area contributed by atoms with E-state index in [1.54, 1.807) is 12.1 Å². The highest BCUT2D eigenvalue weighted by molar-refractivity contribution is 7.92. The van der Waals surface area contributed by atoms with Crippen LogP contribution in [0.15, 0.2) is 18.2 Å². The molecule has 0 radical (unpaired) electrons. The SMILES string of the molecule is COC(=O)CCCS(=O)(=O)Nc1cc(Cl)ccc1OC. The van der Waals surface area contributed by atoms with Crippen molar-refractivity contribution in [1.82, 2.24) is 0 Å². The Labute approximate surface area is 123 Å². The molecule has 0 unspecified atom stereocenters. The van der Waals surface area contributed by atoms with Crippen LogP contribution in [0.4, 0.5) is 5.69 Å². The Morgan fingerprint density at radius 1 is 1.35 bits per heavy atom. The number of ether oxygens (including phenoxy) is 2. The van der Waals surface area contributed by atoms with Gasteiger partial charge in [-0.1, -0.05) is 11.6 Å². The molecule has 0 bridgehead atoms. The first-order valence-electron chi connectivity index (χ1n) is 5.79. The van der Waals surface area contributed by atoms with Crippen LogP contribution in [-0.2, 0) is 19.6 Å². The van der Waals surface area contributed by atoms with E-state index >= 15 is 0 Å². The summed E-state index contributed by atoms with van der Waals surface area (Å²) in [5.41, 5.74) is 0.262. The van der Waals surface area contributed by atoms with Crippen molar-refractivity contribution < 1.29 is 22.7 Å². The Balaban J connectivity index is 2.71. The van der Waals surface area contributed by atoms with Crippen LogP contribution in [0.2, 0.25) is 5.02 Å². The van der Waals surface area contributed by atoms with Gasteiger partial charge in [-0.05, 0) is 24.6 Å². The van der Waals surface area contributed by atoms with Crippen LogP contribution < -0.4 is 9.46 Å². The second-order valence-corrected chi connectivity index (χ2v) is 6.22. The van der Waals surface area contributed by atoms with Gasteiger partial charge in [-0.15, -0.1) is 0 Å².